The Balaban J connectivity index is 1.57. The number of carbonyl (C=O) groups is 2. The lowest BCUT2D eigenvalue weighted by atomic mass is 9.93. The predicted octanol–water partition coefficient (Wildman–Crippen LogP) is 3.83. The van der Waals surface area contributed by atoms with Crippen LogP contribution < -0.4 is 9.46 Å². The molecule has 0 aliphatic heterocycles. The number of aryl methyl sites for hydroxylation is 2. The number of nitrogens with zero attached hydrogens (tertiary/aromatic N) is 3. The summed E-state index contributed by atoms with van der Waals surface area (Å²) in [6.07, 6.45) is 2.66. The first kappa shape index (κ1) is 29.6. The number of methoxy groups -OCH3 is 1. The molecule has 2 amide bonds. The third-order valence-electron chi connectivity index (χ3n) is 6.97. The summed E-state index contributed by atoms with van der Waals surface area (Å²) in [7, 11) is 0.0415. The van der Waals surface area contributed by atoms with E-state index in [1.807, 2.05) is 35.1 Å². The summed E-state index contributed by atoms with van der Waals surface area (Å²) in [4.78, 5) is 33.4. The highest BCUT2D eigenvalue weighted by Crippen LogP contribution is 2.50. The standard InChI is InChI=1S/C28H33FN4O5S2/c1-19-25(26(34)31-40(36,37)32(2)3)30-24(39-19)18-33(16-8-11-20-9-6-5-7-10-20)27(35)28(14-15-28)21-12-13-23(38-4)22(29)17-21/h5-7,9-10,12-13,17H,8,11,14-16,18H2,1-4H3,(H,31,34). The molecule has 0 bridgehead atoms. The van der Waals surface area contributed by atoms with E-state index in [2.05, 4.69) is 4.98 Å². The van der Waals surface area contributed by atoms with Gasteiger partial charge in [-0.1, -0.05) is 36.4 Å². The molecule has 1 N–H and O–H groups in total. The van der Waals surface area contributed by atoms with Crippen molar-refractivity contribution in [1.29, 1.82) is 0 Å². The van der Waals surface area contributed by atoms with Gasteiger partial charge in [-0.25, -0.2) is 14.1 Å². The minimum absolute atomic E-state index is 0.000435. The van der Waals surface area contributed by atoms with Gasteiger partial charge in [0, 0.05) is 25.5 Å². The summed E-state index contributed by atoms with van der Waals surface area (Å²) in [5, 5.41) is 0.509. The van der Waals surface area contributed by atoms with Crippen molar-refractivity contribution in [3.8, 4) is 5.75 Å². The molecule has 0 saturated heterocycles. The maximum atomic E-state index is 14.6. The molecule has 0 atom stereocenters. The van der Waals surface area contributed by atoms with Gasteiger partial charge in [0.15, 0.2) is 11.6 Å². The molecule has 0 radical (unpaired) electrons. The third-order valence-corrected chi connectivity index (χ3v) is 9.33. The molecule has 0 spiro atoms. The summed E-state index contributed by atoms with van der Waals surface area (Å²) >= 11 is 1.24. The van der Waals surface area contributed by atoms with Crippen LogP contribution in [0.15, 0.2) is 48.5 Å². The highest BCUT2D eigenvalue weighted by molar-refractivity contribution is 7.87. The van der Waals surface area contributed by atoms with Crippen LogP contribution in [0.25, 0.3) is 0 Å². The summed E-state index contributed by atoms with van der Waals surface area (Å²) in [5.41, 5.74) is 0.930. The van der Waals surface area contributed by atoms with Gasteiger partial charge in [-0.05, 0) is 55.9 Å². The SMILES string of the molecule is COc1ccc(C2(C(=O)N(CCCc3ccccc3)Cc3nc(C(=O)NS(=O)(=O)N(C)C)c(C)s3)CC2)cc1F. The van der Waals surface area contributed by atoms with Crippen molar-refractivity contribution >= 4 is 33.4 Å². The minimum atomic E-state index is -3.98. The van der Waals surface area contributed by atoms with Gasteiger partial charge in [0.1, 0.15) is 10.7 Å². The Labute approximate surface area is 238 Å². The topological polar surface area (TPSA) is 109 Å². The van der Waals surface area contributed by atoms with E-state index in [0.717, 1.165) is 16.3 Å². The fraction of sp³-hybridized carbons (Fsp3) is 0.393. The molecule has 1 aromatic heterocycles. The van der Waals surface area contributed by atoms with Crippen LogP contribution in [0.3, 0.4) is 0 Å². The minimum Gasteiger partial charge on any atom is -0.494 e. The van der Waals surface area contributed by atoms with Gasteiger partial charge in [-0.2, -0.15) is 12.7 Å². The molecule has 1 aliphatic carbocycles. The van der Waals surface area contributed by atoms with Crippen molar-refractivity contribution in [2.75, 3.05) is 27.7 Å². The summed E-state index contributed by atoms with van der Waals surface area (Å²) in [6.45, 7) is 2.26. The highest BCUT2D eigenvalue weighted by atomic mass is 32.2. The van der Waals surface area contributed by atoms with Crippen molar-refractivity contribution < 1.29 is 27.1 Å². The number of nitrogens with one attached hydrogen (secondary N) is 1. The van der Waals surface area contributed by atoms with Crippen molar-refractivity contribution in [2.24, 2.45) is 0 Å². The van der Waals surface area contributed by atoms with E-state index in [0.29, 0.717) is 41.3 Å². The molecule has 3 aromatic rings. The predicted molar refractivity (Wildman–Crippen MR) is 151 cm³/mol. The van der Waals surface area contributed by atoms with Gasteiger partial charge in [-0.15, -0.1) is 11.3 Å². The van der Waals surface area contributed by atoms with Crippen molar-refractivity contribution in [3.05, 3.63) is 81.1 Å². The van der Waals surface area contributed by atoms with Crippen LogP contribution in [0.1, 0.15) is 50.8 Å². The zero-order valence-corrected chi connectivity index (χ0v) is 24.6. The first-order valence-corrected chi connectivity index (χ1v) is 15.1. The monoisotopic (exact) mass is 588 g/mol. The van der Waals surface area contributed by atoms with Gasteiger partial charge >= 0.3 is 10.2 Å². The van der Waals surface area contributed by atoms with Crippen LogP contribution in [-0.2, 0) is 33.4 Å². The molecule has 4 rings (SSSR count). The molecule has 9 nitrogen and oxygen atoms in total. The molecule has 40 heavy (non-hydrogen) atoms. The van der Waals surface area contributed by atoms with E-state index < -0.39 is 27.3 Å². The number of carbonyl (C=O) groups excluding carboxylic acids is 2. The average molecular weight is 589 g/mol. The van der Waals surface area contributed by atoms with Crippen LogP contribution >= 0.6 is 11.3 Å². The zero-order chi connectivity index (χ0) is 29.1. The van der Waals surface area contributed by atoms with Gasteiger partial charge < -0.3 is 9.64 Å². The van der Waals surface area contributed by atoms with Crippen LogP contribution in [0.5, 0.6) is 5.75 Å². The normalized spacial score (nSPS) is 14.2. The third kappa shape index (κ3) is 6.51. The molecule has 2 aromatic carbocycles. The first-order valence-electron chi connectivity index (χ1n) is 12.8. The average Bonchev–Trinajstić information content (AvgIpc) is 3.64. The molecule has 1 fully saturated rings. The lowest BCUT2D eigenvalue weighted by Gasteiger charge is -2.27. The van der Waals surface area contributed by atoms with E-state index in [9.17, 15) is 22.4 Å². The van der Waals surface area contributed by atoms with E-state index >= 15 is 0 Å². The number of hydrogen-bond acceptors (Lipinski definition) is 7. The number of hydrogen-bond donors (Lipinski definition) is 1. The van der Waals surface area contributed by atoms with E-state index in [1.54, 1.807) is 17.9 Å². The van der Waals surface area contributed by atoms with Crippen LogP contribution in [0.4, 0.5) is 4.39 Å². The van der Waals surface area contributed by atoms with Gasteiger partial charge in [0.25, 0.3) is 5.91 Å². The molecule has 1 saturated carbocycles. The quantitative estimate of drug-likeness (QED) is 0.345. The van der Waals surface area contributed by atoms with Gasteiger partial charge in [0.05, 0.1) is 19.1 Å². The Kier molecular flexibility index (Phi) is 8.91. The molecule has 0 unspecified atom stereocenters. The largest absolute Gasteiger partial charge is 0.494 e. The summed E-state index contributed by atoms with van der Waals surface area (Å²) in [5.74, 6) is -1.36. The Morgan fingerprint density at radius 2 is 1.85 bits per heavy atom. The molecule has 1 heterocycles. The Bertz CT molecular complexity index is 1490. The maximum Gasteiger partial charge on any atom is 0.303 e. The maximum absolute atomic E-state index is 14.6. The second-order valence-electron chi connectivity index (χ2n) is 9.98. The van der Waals surface area contributed by atoms with Crippen LogP contribution in [-0.4, -0.2) is 62.2 Å². The molecule has 12 heteroatoms. The fourth-order valence-electron chi connectivity index (χ4n) is 4.54. The summed E-state index contributed by atoms with van der Waals surface area (Å²) < 4.78 is 46.8. The first-order chi connectivity index (χ1) is 19.0. The van der Waals surface area contributed by atoms with E-state index in [-0.39, 0.29) is 23.9 Å². The Morgan fingerprint density at radius 3 is 2.45 bits per heavy atom. The number of benzene rings is 2. The highest BCUT2D eigenvalue weighted by Gasteiger charge is 2.53. The van der Waals surface area contributed by atoms with Gasteiger partial charge in [-0.3, -0.25) is 9.59 Å². The smallest absolute Gasteiger partial charge is 0.303 e. The summed E-state index contributed by atoms with van der Waals surface area (Å²) in [6, 6.07) is 14.6. The Hall–Kier alpha value is -3.35. The van der Waals surface area contributed by atoms with Gasteiger partial charge in [0.2, 0.25) is 5.91 Å². The number of thiazole rings is 1. The van der Waals surface area contributed by atoms with Crippen LogP contribution in [0.2, 0.25) is 0 Å². The number of halogens is 1. The number of aromatic nitrogens is 1. The van der Waals surface area contributed by atoms with Crippen molar-refractivity contribution in [2.45, 2.75) is 44.6 Å². The number of rotatable bonds is 12. The molecule has 214 valence electrons. The number of ether oxygens (including phenoxy) is 1. The van der Waals surface area contributed by atoms with Crippen molar-refractivity contribution in [1.82, 2.24) is 18.9 Å². The lowest BCUT2D eigenvalue weighted by Crippen LogP contribution is -2.40. The lowest BCUT2D eigenvalue weighted by molar-refractivity contribution is -0.134. The number of amides is 2. The van der Waals surface area contributed by atoms with Crippen molar-refractivity contribution in [3.63, 3.8) is 0 Å². The fourth-order valence-corrected chi connectivity index (χ4v) is 6.00. The molecule has 1 aliphatic rings. The van der Waals surface area contributed by atoms with E-state index in [4.69, 9.17) is 4.74 Å². The second kappa shape index (κ2) is 12.0. The zero-order valence-electron chi connectivity index (χ0n) is 22.9. The van der Waals surface area contributed by atoms with Crippen LogP contribution in [0, 0.1) is 12.7 Å². The molecular weight excluding hydrogens is 555 g/mol. The molecular formula is C28H33FN4O5S2. The second-order valence-corrected chi connectivity index (χ2v) is 13.2. The Morgan fingerprint density at radius 1 is 1.15 bits per heavy atom. The van der Waals surface area contributed by atoms with E-state index in [1.165, 1.54) is 44.7 Å².